The highest BCUT2D eigenvalue weighted by Gasteiger charge is 2.14. The van der Waals surface area contributed by atoms with E-state index in [0.717, 1.165) is 21.8 Å². The highest BCUT2D eigenvalue weighted by Crippen LogP contribution is 2.38. The maximum Gasteiger partial charge on any atom is 0.0971 e. The van der Waals surface area contributed by atoms with Crippen molar-refractivity contribution in [2.75, 3.05) is 0 Å². The molecule has 0 unspecified atom stereocenters. The molecule has 0 N–H and O–H groups in total. The van der Waals surface area contributed by atoms with Gasteiger partial charge >= 0.3 is 0 Å². The van der Waals surface area contributed by atoms with Crippen molar-refractivity contribution in [2.45, 2.75) is 0 Å². The summed E-state index contributed by atoms with van der Waals surface area (Å²) in [6.45, 7) is 0. The summed E-state index contributed by atoms with van der Waals surface area (Å²) in [5.74, 6) is 0. The van der Waals surface area contributed by atoms with Crippen LogP contribution < -0.4 is 0 Å². The standard InChI is InChI=1S/C52H33N3/c1-2-8-42(9-3-1)55-49-13-7-6-11-44(49)48-33-41(27-29-50(48)55)39-24-20-37(21-25-39)35-16-14-34(15-17-35)36-18-22-38(23-19-36)40-26-28-46-47(32-40)43-10-4-5-12-45(43)51-52(46)54-31-30-53-51/h1-33H. The first-order valence-electron chi connectivity index (χ1n) is 18.7. The number of benzene rings is 9. The van der Waals surface area contributed by atoms with Crippen LogP contribution in [0, 0.1) is 0 Å². The molecule has 0 aliphatic carbocycles. The van der Waals surface area contributed by atoms with Gasteiger partial charge in [0, 0.05) is 39.6 Å². The van der Waals surface area contributed by atoms with Crippen LogP contribution in [0.3, 0.4) is 0 Å². The molecular formula is C52H33N3. The minimum Gasteiger partial charge on any atom is -0.309 e. The van der Waals surface area contributed by atoms with Crippen LogP contribution in [0.4, 0.5) is 0 Å². The molecule has 0 spiro atoms. The molecule has 0 bridgehead atoms. The Bertz CT molecular complexity index is 3180. The first-order chi connectivity index (χ1) is 27.3. The third-order valence-corrected chi connectivity index (χ3v) is 11.1. The van der Waals surface area contributed by atoms with Gasteiger partial charge in [0.05, 0.1) is 22.1 Å². The van der Waals surface area contributed by atoms with Crippen molar-refractivity contribution in [1.82, 2.24) is 14.5 Å². The second kappa shape index (κ2) is 12.6. The second-order valence-electron chi connectivity index (χ2n) is 14.2. The van der Waals surface area contributed by atoms with E-state index >= 15 is 0 Å². The Morgan fingerprint density at radius 3 is 1.25 bits per heavy atom. The lowest BCUT2D eigenvalue weighted by Gasteiger charge is -2.11. The third-order valence-electron chi connectivity index (χ3n) is 11.1. The van der Waals surface area contributed by atoms with Crippen LogP contribution in [0.15, 0.2) is 200 Å². The molecule has 0 saturated carbocycles. The van der Waals surface area contributed by atoms with Crippen molar-refractivity contribution in [3.63, 3.8) is 0 Å². The minimum absolute atomic E-state index is 0.944. The van der Waals surface area contributed by atoms with Gasteiger partial charge in [-0.05, 0) is 91.7 Å². The number of hydrogen-bond acceptors (Lipinski definition) is 2. The van der Waals surface area contributed by atoms with Gasteiger partial charge in [-0.1, -0.05) is 152 Å². The fraction of sp³-hybridized carbons (Fsp3) is 0. The molecule has 0 radical (unpaired) electrons. The lowest BCUT2D eigenvalue weighted by molar-refractivity contribution is 1.18. The topological polar surface area (TPSA) is 30.7 Å². The van der Waals surface area contributed by atoms with Crippen molar-refractivity contribution in [3.05, 3.63) is 200 Å². The zero-order chi connectivity index (χ0) is 36.3. The van der Waals surface area contributed by atoms with E-state index in [2.05, 4.69) is 198 Å². The minimum atomic E-state index is 0.944. The molecule has 11 rings (SSSR count). The smallest absolute Gasteiger partial charge is 0.0971 e. The molecule has 0 atom stereocenters. The molecule has 0 fully saturated rings. The first kappa shape index (κ1) is 31.2. The van der Waals surface area contributed by atoms with Gasteiger partial charge in [0.15, 0.2) is 0 Å². The molecule has 0 aliphatic rings. The second-order valence-corrected chi connectivity index (χ2v) is 14.2. The first-order valence-corrected chi connectivity index (χ1v) is 18.7. The summed E-state index contributed by atoms with van der Waals surface area (Å²) in [4.78, 5) is 9.39. The Hall–Kier alpha value is -7.36. The van der Waals surface area contributed by atoms with Crippen molar-refractivity contribution in [1.29, 1.82) is 0 Å². The van der Waals surface area contributed by atoms with Crippen molar-refractivity contribution >= 4 is 54.4 Å². The molecule has 2 heterocycles. The molecule has 3 nitrogen and oxygen atoms in total. The number of aromatic nitrogens is 3. The Morgan fingerprint density at radius 2 is 0.673 bits per heavy atom. The number of para-hydroxylation sites is 2. The predicted molar refractivity (Wildman–Crippen MR) is 231 cm³/mol. The summed E-state index contributed by atoms with van der Waals surface area (Å²) < 4.78 is 2.36. The van der Waals surface area contributed by atoms with Crippen LogP contribution in [0.1, 0.15) is 0 Å². The number of nitrogens with zero attached hydrogens (tertiary/aromatic N) is 3. The Labute approximate surface area is 318 Å². The van der Waals surface area contributed by atoms with Gasteiger partial charge in [-0.25, -0.2) is 0 Å². The van der Waals surface area contributed by atoms with Gasteiger partial charge in [-0.3, -0.25) is 9.97 Å². The van der Waals surface area contributed by atoms with E-state index in [9.17, 15) is 0 Å². The van der Waals surface area contributed by atoms with E-state index in [1.807, 2.05) is 0 Å². The van der Waals surface area contributed by atoms with E-state index in [4.69, 9.17) is 4.98 Å². The Morgan fingerprint density at radius 1 is 0.273 bits per heavy atom. The van der Waals surface area contributed by atoms with Crippen molar-refractivity contribution in [3.8, 4) is 50.2 Å². The van der Waals surface area contributed by atoms with E-state index in [1.54, 1.807) is 12.4 Å². The maximum absolute atomic E-state index is 4.71. The molecule has 55 heavy (non-hydrogen) atoms. The molecular weight excluding hydrogens is 667 g/mol. The van der Waals surface area contributed by atoms with Crippen LogP contribution in [0.25, 0.3) is 105 Å². The van der Waals surface area contributed by atoms with Gasteiger partial charge in [0.1, 0.15) is 0 Å². The SMILES string of the molecule is c1ccc(-n2c3ccccc3c3cc(-c4ccc(-c5ccc(-c6ccc(-c7ccc8c(c7)c7ccccc7c7nccnc87)cc6)cc5)cc4)ccc32)cc1. The molecule has 11 aromatic rings. The largest absolute Gasteiger partial charge is 0.309 e. The molecule has 9 aromatic carbocycles. The molecule has 0 aliphatic heterocycles. The van der Waals surface area contributed by atoms with E-state index in [1.165, 1.54) is 82.8 Å². The molecule has 256 valence electrons. The Kier molecular flexibility index (Phi) is 7.17. The maximum atomic E-state index is 4.71. The summed E-state index contributed by atoms with van der Waals surface area (Å²) in [5, 5.41) is 7.18. The summed E-state index contributed by atoms with van der Waals surface area (Å²) in [6.07, 6.45) is 3.55. The number of rotatable bonds is 5. The summed E-state index contributed by atoms with van der Waals surface area (Å²) in [5.41, 5.74) is 15.1. The van der Waals surface area contributed by atoms with E-state index in [-0.39, 0.29) is 0 Å². The average molecular weight is 700 g/mol. The third kappa shape index (κ3) is 5.20. The average Bonchev–Trinajstić information content (AvgIpc) is 3.60. The fourth-order valence-electron chi connectivity index (χ4n) is 8.38. The lowest BCUT2D eigenvalue weighted by Crippen LogP contribution is -1.92. The number of hydrogen-bond donors (Lipinski definition) is 0. The van der Waals surface area contributed by atoms with Gasteiger partial charge < -0.3 is 4.57 Å². The van der Waals surface area contributed by atoms with Gasteiger partial charge in [0.2, 0.25) is 0 Å². The lowest BCUT2D eigenvalue weighted by atomic mass is 9.94. The van der Waals surface area contributed by atoms with Gasteiger partial charge in [-0.2, -0.15) is 0 Å². The zero-order valence-electron chi connectivity index (χ0n) is 29.9. The van der Waals surface area contributed by atoms with Crippen LogP contribution in [-0.2, 0) is 0 Å². The fourth-order valence-corrected chi connectivity index (χ4v) is 8.38. The molecule has 2 aromatic heterocycles. The van der Waals surface area contributed by atoms with Crippen LogP contribution >= 0.6 is 0 Å². The zero-order valence-corrected chi connectivity index (χ0v) is 29.9. The highest BCUT2D eigenvalue weighted by molar-refractivity contribution is 6.23. The van der Waals surface area contributed by atoms with Crippen LogP contribution in [0.5, 0.6) is 0 Å². The normalized spacial score (nSPS) is 11.6. The number of fused-ring (bicyclic) bond motifs is 9. The van der Waals surface area contributed by atoms with Crippen LogP contribution in [0.2, 0.25) is 0 Å². The van der Waals surface area contributed by atoms with Crippen molar-refractivity contribution in [2.24, 2.45) is 0 Å². The predicted octanol–water partition coefficient (Wildman–Crippen LogP) is 13.7. The quantitative estimate of drug-likeness (QED) is 0.167. The van der Waals surface area contributed by atoms with Gasteiger partial charge in [0.25, 0.3) is 0 Å². The van der Waals surface area contributed by atoms with E-state index in [0.29, 0.717) is 0 Å². The summed E-state index contributed by atoms with van der Waals surface area (Å²) in [7, 11) is 0. The van der Waals surface area contributed by atoms with Gasteiger partial charge in [-0.15, -0.1) is 0 Å². The highest BCUT2D eigenvalue weighted by atomic mass is 15.0. The molecule has 0 amide bonds. The van der Waals surface area contributed by atoms with E-state index < -0.39 is 0 Å². The van der Waals surface area contributed by atoms with Crippen molar-refractivity contribution < 1.29 is 0 Å². The molecule has 0 saturated heterocycles. The monoisotopic (exact) mass is 699 g/mol. The molecule has 3 heteroatoms. The summed E-state index contributed by atoms with van der Waals surface area (Å²) >= 11 is 0. The van der Waals surface area contributed by atoms with Crippen LogP contribution in [-0.4, -0.2) is 14.5 Å². The summed E-state index contributed by atoms with van der Waals surface area (Å²) in [6, 6.07) is 68.1. The Balaban J connectivity index is 0.859.